The molecule has 0 atom stereocenters. The van der Waals surface area contributed by atoms with Gasteiger partial charge in [0.2, 0.25) is 0 Å². The summed E-state index contributed by atoms with van der Waals surface area (Å²) in [6, 6.07) is 62.3. The maximum absolute atomic E-state index is 3.48. The molecule has 232 valence electrons. The van der Waals surface area contributed by atoms with Crippen LogP contribution in [0.2, 0.25) is 0 Å². The Morgan fingerprint density at radius 1 is 0.340 bits per heavy atom. The second kappa shape index (κ2) is 10.4. The van der Waals surface area contributed by atoms with Crippen molar-refractivity contribution in [2.75, 3.05) is 0 Å². The molecular weight excluding hydrogens is 605 g/mol. The zero-order valence-electron chi connectivity index (χ0n) is 27.2. The van der Waals surface area contributed by atoms with Crippen LogP contribution in [0.3, 0.4) is 0 Å². The molecular formula is C48H30N2. The SMILES string of the molecule is c1ccc(-c2c3c(c(-c4ccccc4)c4ccccc24)-c2ccc(-c4ccc(-n5c6ccccc6c6cc[nH]c65)cc4)c4cccc-3c24)cc1. The predicted molar refractivity (Wildman–Crippen MR) is 211 cm³/mol. The molecule has 2 heterocycles. The number of aromatic amines is 1. The minimum absolute atomic E-state index is 1.12. The molecule has 0 spiro atoms. The van der Waals surface area contributed by atoms with E-state index in [1.165, 1.54) is 93.5 Å². The first-order valence-corrected chi connectivity index (χ1v) is 17.3. The Balaban J connectivity index is 1.16. The first-order valence-electron chi connectivity index (χ1n) is 17.3. The summed E-state index contributed by atoms with van der Waals surface area (Å²) < 4.78 is 2.33. The summed E-state index contributed by atoms with van der Waals surface area (Å²) >= 11 is 0. The largest absolute Gasteiger partial charge is 0.347 e. The highest BCUT2D eigenvalue weighted by Gasteiger charge is 2.31. The molecule has 2 aromatic heterocycles. The first kappa shape index (κ1) is 27.3. The van der Waals surface area contributed by atoms with Gasteiger partial charge in [-0.2, -0.15) is 0 Å². The minimum atomic E-state index is 1.12. The lowest BCUT2D eigenvalue weighted by atomic mass is 9.82. The van der Waals surface area contributed by atoms with E-state index >= 15 is 0 Å². The lowest BCUT2D eigenvalue weighted by Crippen LogP contribution is -1.94. The van der Waals surface area contributed by atoms with Gasteiger partial charge in [0.25, 0.3) is 0 Å². The molecule has 0 unspecified atom stereocenters. The molecule has 1 aliphatic rings. The molecule has 10 aromatic rings. The Morgan fingerprint density at radius 3 is 1.58 bits per heavy atom. The van der Waals surface area contributed by atoms with Crippen LogP contribution >= 0.6 is 0 Å². The normalized spacial score (nSPS) is 12.0. The number of rotatable bonds is 4. The van der Waals surface area contributed by atoms with E-state index in [0.717, 1.165) is 11.3 Å². The Kier molecular flexibility index (Phi) is 5.70. The number of aromatic nitrogens is 2. The van der Waals surface area contributed by atoms with Gasteiger partial charge in [-0.05, 0) is 101 Å². The van der Waals surface area contributed by atoms with E-state index in [-0.39, 0.29) is 0 Å². The van der Waals surface area contributed by atoms with Crippen molar-refractivity contribution in [1.29, 1.82) is 0 Å². The summed E-state index contributed by atoms with van der Waals surface area (Å²) in [4.78, 5) is 3.48. The molecule has 0 bridgehead atoms. The smallest absolute Gasteiger partial charge is 0.123 e. The molecule has 0 amide bonds. The molecule has 0 saturated heterocycles. The lowest BCUT2D eigenvalue weighted by Gasteiger charge is -2.20. The van der Waals surface area contributed by atoms with Crippen LogP contribution < -0.4 is 0 Å². The topological polar surface area (TPSA) is 20.7 Å². The minimum Gasteiger partial charge on any atom is -0.347 e. The highest BCUT2D eigenvalue weighted by Crippen LogP contribution is 2.58. The van der Waals surface area contributed by atoms with Crippen molar-refractivity contribution >= 4 is 43.5 Å². The fourth-order valence-electron chi connectivity index (χ4n) is 8.70. The van der Waals surface area contributed by atoms with Crippen LogP contribution in [0.25, 0.3) is 105 Å². The van der Waals surface area contributed by atoms with E-state index in [0.29, 0.717) is 0 Å². The number of nitrogens with zero attached hydrogens (tertiary/aromatic N) is 1. The van der Waals surface area contributed by atoms with Gasteiger partial charge in [0, 0.05) is 22.7 Å². The van der Waals surface area contributed by atoms with Gasteiger partial charge >= 0.3 is 0 Å². The summed E-state index contributed by atoms with van der Waals surface area (Å²) in [7, 11) is 0. The van der Waals surface area contributed by atoms with Crippen LogP contribution in [0.5, 0.6) is 0 Å². The standard InChI is InChI=1S/C48H30N2/c1-3-12-31(13-4-1)43-37-17-7-8-18-38(37)44(32-14-5-2-6-15-32)47-41-27-26-34(36-19-11-20-40(45(36)41)46(43)47)30-22-24-33(25-23-30)50-42-21-10-9-16-35(42)39-28-29-49-48(39)50/h1-29,49H. The van der Waals surface area contributed by atoms with Crippen LogP contribution in [-0.4, -0.2) is 9.55 Å². The van der Waals surface area contributed by atoms with E-state index in [1.807, 2.05) is 6.20 Å². The number of fused-ring (bicyclic) bond motifs is 7. The number of nitrogens with one attached hydrogen (secondary N) is 1. The van der Waals surface area contributed by atoms with Gasteiger partial charge in [-0.15, -0.1) is 0 Å². The van der Waals surface area contributed by atoms with Crippen molar-refractivity contribution in [3.63, 3.8) is 0 Å². The fourth-order valence-corrected chi connectivity index (χ4v) is 8.70. The van der Waals surface area contributed by atoms with Crippen molar-refractivity contribution in [3.8, 4) is 61.3 Å². The number of para-hydroxylation sites is 1. The summed E-state index contributed by atoms with van der Waals surface area (Å²) in [5.41, 5.74) is 16.3. The van der Waals surface area contributed by atoms with Crippen molar-refractivity contribution in [2.24, 2.45) is 0 Å². The number of benzene rings is 8. The van der Waals surface area contributed by atoms with E-state index in [4.69, 9.17) is 0 Å². The molecule has 0 radical (unpaired) electrons. The van der Waals surface area contributed by atoms with Crippen LogP contribution in [-0.2, 0) is 0 Å². The number of hydrogen-bond acceptors (Lipinski definition) is 0. The van der Waals surface area contributed by atoms with Crippen LogP contribution in [0.1, 0.15) is 0 Å². The van der Waals surface area contributed by atoms with Gasteiger partial charge in [-0.3, -0.25) is 4.57 Å². The van der Waals surface area contributed by atoms with E-state index < -0.39 is 0 Å². The maximum atomic E-state index is 3.48. The lowest BCUT2D eigenvalue weighted by molar-refractivity contribution is 1.14. The van der Waals surface area contributed by atoms with Gasteiger partial charge in [0.05, 0.1) is 5.52 Å². The van der Waals surface area contributed by atoms with Crippen LogP contribution in [0.15, 0.2) is 176 Å². The second-order valence-electron chi connectivity index (χ2n) is 13.3. The third-order valence-corrected chi connectivity index (χ3v) is 10.7. The van der Waals surface area contributed by atoms with Crippen LogP contribution in [0, 0.1) is 0 Å². The quantitative estimate of drug-likeness (QED) is 0.199. The monoisotopic (exact) mass is 634 g/mol. The fraction of sp³-hybridized carbons (Fsp3) is 0. The molecule has 2 heteroatoms. The Hall–Kier alpha value is -6.64. The van der Waals surface area contributed by atoms with Crippen molar-refractivity contribution in [1.82, 2.24) is 9.55 Å². The van der Waals surface area contributed by atoms with E-state index in [9.17, 15) is 0 Å². The average molecular weight is 635 g/mol. The van der Waals surface area contributed by atoms with Crippen molar-refractivity contribution in [2.45, 2.75) is 0 Å². The molecule has 0 aliphatic heterocycles. The second-order valence-corrected chi connectivity index (χ2v) is 13.3. The Labute approximate surface area is 289 Å². The molecule has 1 N–H and O–H groups in total. The average Bonchev–Trinajstić information content (AvgIpc) is 3.88. The van der Waals surface area contributed by atoms with Crippen LogP contribution in [0.4, 0.5) is 0 Å². The van der Waals surface area contributed by atoms with E-state index in [2.05, 4.69) is 179 Å². The summed E-state index contributed by atoms with van der Waals surface area (Å²) in [6.45, 7) is 0. The third kappa shape index (κ3) is 3.73. The van der Waals surface area contributed by atoms with Gasteiger partial charge in [0.1, 0.15) is 5.65 Å². The van der Waals surface area contributed by atoms with Gasteiger partial charge in [0.15, 0.2) is 0 Å². The highest BCUT2D eigenvalue weighted by molar-refractivity contribution is 6.28. The first-order chi connectivity index (χ1) is 24.8. The number of H-pyrrole nitrogens is 1. The summed E-state index contributed by atoms with van der Waals surface area (Å²) in [6.07, 6.45) is 2.03. The molecule has 8 aromatic carbocycles. The Bertz CT molecular complexity index is 2850. The van der Waals surface area contributed by atoms with E-state index in [1.54, 1.807) is 0 Å². The third-order valence-electron chi connectivity index (χ3n) is 10.7. The maximum Gasteiger partial charge on any atom is 0.123 e. The van der Waals surface area contributed by atoms with Gasteiger partial charge < -0.3 is 4.98 Å². The highest BCUT2D eigenvalue weighted by atomic mass is 15.0. The van der Waals surface area contributed by atoms with Crippen molar-refractivity contribution < 1.29 is 0 Å². The molecule has 2 nitrogen and oxygen atoms in total. The zero-order chi connectivity index (χ0) is 32.8. The van der Waals surface area contributed by atoms with Crippen molar-refractivity contribution in [3.05, 3.63) is 176 Å². The molecule has 0 fully saturated rings. The number of hydrogen-bond donors (Lipinski definition) is 1. The summed E-state index contributed by atoms with van der Waals surface area (Å²) in [5.74, 6) is 0. The van der Waals surface area contributed by atoms with Gasteiger partial charge in [-0.1, -0.05) is 146 Å². The zero-order valence-corrected chi connectivity index (χ0v) is 27.2. The molecule has 50 heavy (non-hydrogen) atoms. The predicted octanol–water partition coefficient (Wildman–Crippen LogP) is 13.1. The Morgan fingerprint density at radius 2 is 0.900 bits per heavy atom. The molecule has 1 aliphatic carbocycles. The molecule has 11 rings (SSSR count). The molecule has 0 saturated carbocycles. The summed E-state index contributed by atoms with van der Waals surface area (Å²) in [5, 5.41) is 7.69. The van der Waals surface area contributed by atoms with Gasteiger partial charge in [-0.25, -0.2) is 0 Å².